The predicted octanol–water partition coefficient (Wildman–Crippen LogP) is 2.42. The first-order chi connectivity index (χ1) is 7.22. The van der Waals surface area contributed by atoms with E-state index in [2.05, 4.69) is 9.72 Å². The first kappa shape index (κ1) is 12.1. The highest BCUT2D eigenvalue weighted by Crippen LogP contribution is 2.24. The Balaban J connectivity index is 2.77. The van der Waals surface area contributed by atoms with Crippen LogP contribution in [-0.4, -0.2) is 24.7 Å². The Morgan fingerprint density at radius 1 is 1.60 bits per heavy atom. The van der Waals surface area contributed by atoms with E-state index in [1.165, 1.54) is 18.4 Å². The van der Waals surface area contributed by atoms with E-state index < -0.39 is 5.97 Å². The van der Waals surface area contributed by atoms with Crippen LogP contribution in [0.3, 0.4) is 0 Å². The summed E-state index contributed by atoms with van der Waals surface area (Å²) >= 11 is 1.43. The Labute approximate surface area is 93.2 Å². The minimum atomic E-state index is -0.399. The SMILES string of the molecule is CCOC(CC)c1nc(C(=O)OC)cs1. The second-order valence-electron chi connectivity index (χ2n) is 2.91. The molecule has 0 fully saturated rings. The maximum absolute atomic E-state index is 11.2. The van der Waals surface area contributed by atoms with E-state index in [1.807, 2.05) is 13.8 Å². The zero-order valence-electron chi connectivity index (χ0n) is 9.15. The third-order valence-electron chi connectivity index (χ3n) is 1.93. The summed E-state index contributed by atoms with van der Waals surface area (Å²) in [6.07, 6.45) is 0.834. The van der Waals surface area contributed by atoms with Crippen molar-refractivity contribution in [3.8, 4) is 0 Å². The molecule has 0 aliphatic rings. The van der Waals surface area contributed by atoms with Gasteiger partial charge in [0.15, 0.2) is 5.69 Å². The van der Waals surface area contributed by atoms with Crippen LogP contribution in [0.1, 0.15) is 41.9 Å². The van der Waals surface area contributed by atoms with E-state index in [0.29, 0.717) is 12.3 Å². The molecule has 0 aliphatic carbocycles. The maximum atomic E-state index is 11.2. The van der Waals surface area contributed by atoms with Gasteiger partial charge in [0.1, 0.15) is 11.1 Å². The molecule has 0 radical (unpaired) electrons. The number of hydrogen-bond donors (Lipinski definition) is 0. The Kier molecular flexibility index (Phi) is 4.71. The van der Waals surface area contributed by atoms with Crippen LogP contribution in [0.4, 0.5) is 0 Å². The summed E-state index contributed by atoms with van der Waals surface area (Å²) in [5, 5.41) is 2.53. The average Bonchev–Trinajstić information content (AvgIpc) is 2.73. The monoisotopic (exact) mass is 229 g/mol. The minimum absolute atomic E-state index is 0.0154. The molecule has 0 saturated carbocycles. The normalized spacial score (nSPS) is 12.5. The summed E-state index contributed by atoms with van der Waals surface area (Å²) in [5.74, 6) is -0.399. The number of rotatable bonds is 5. The van der Waals surface area contributed by atoms with Gasteiger partial charge in [-0.1, -0.05) is 6.92 Å². The first-order valence-corrected chi connectivity index (χ1v) is 5.76. The summed E-state index contributed by atoms with van der Waals surface area (Å²) in [7, 11) is 1.35. The molecule has 0 bridgehead atoms. The van der Waals surface area contributed by atoms with E-state index in [-0.39, 0.29) is 6.10 Å². The highest BCUT2D eigenvalue weighted by Gasteiger charge is 2.16. The van der Waals surface area contributed by atoms with Crippen molar-refractivity contribution in [2.75, 3.05) is 13.7 Å². The van der Waals surface area contributed by atoms with Gasteiger partial charge in [0.05, 0.1) is 7.11 Å². The molecule has 1 aromatic heterocycles. The smallest absolute Gasteiger partial charge is 0.357 e. The average molecular weight is 229 g/mol. The van der Waals surface area contributed by atoms with Gasteiger partial charge in [0, 0.05) is 12.0 Å². The maximum Gasteiger partial charge on any atom is 0.357 e. The van der Waals surface area contributed by atoms with Crippen LogP contribution in [0.15, 0.2) is 5.38 Å². The molecule has 84 valence electrons. The molecule has 1 heterocycles. The largest absolute Gasteiger partial charge is 0.464 e. The fourth-order valence-electron chi connectivity index (χ4n) is 1.20. The van der Waals surface area contributed by atoms with Gasteiger partial charge in [-0.15, -0.1) is 11.3 Å². The Bertz CT molecular complexity index is 324. The van der Waals surface area contributed by atoms with Gasteiger partial charge in [-0.2, -0.15) is 0 Å². The molecule has 0 aromatic carbocycles. The van der Waals surface area contributed by atoms with Crippen LogP contribution in [0, 0.1) is 0 Å². The molecule has 4 nitrogen and oxygen atoms in total. The molecule has 1 aromatic rings. The lowest BCUT2D eigenvalue weighted by atomic mass is 10.3. The van der Waals surface area contributed by atoms with Crippen molar-refractivity contribution in [1.29, 1.82) is 0 Å². The topological polar surface area (TPSA) is 48.4 Å². The minimum Gasteiger partial charge on any atom is -0.464 e. The van der Waals surface area contributed by atoms with Crippen LogP contribution in [0.2, 0.25) is 0 Å². The second-order valence-corrected chi connectivity index (χ2v) is 3.80. The molecular formula is C10H15NO3S. The van der Waals surface area contributed by atoms with Gasteiger partial charge in [0.2, 0.25) is 0 Å². The quantitative estimate of drug-likeness (QED) is 0.727. The zero-order chi connectivity index (χ0) is 11.3. The Hall–Kier alpha value is -0.940. The molecule has 0 aliphatic heterocycles. The molecule has 0 spiro atoms. The molecule has 1 rings (SSSR count). The lowest BCUT2D eigenvalue weighted by molar-refractivity contribution is 0.0568. The number of hydrogen-bond acceptors (Lipinski definition) is 5. The van der Waals surface area contributed by atoms with Crippen molar-refractivity contribution in [1.82, 2.24) is 4.98 Å². The number of esters is 1. The van der Waals surface area contributed by atoms with Gasteiger partial charge < -0.3 is 9.47 Å². The van der Waals surface area contributed by atoms with Crippen LogP contribution < -0.4 is 0 Å². The molecule has 0 saturated heterocycles. The fraction of sp³-hybridized carbons (Fsp3) is 0.600. The van der Waals surface area contributed by atoms with Crippen LogP contribution in [0.25, 0.3) is 0 Å². The number of methoxy groups -OCH3 is 1. The zero-order valence-corrected chi connectivity index (χ0v) is 9.97. The highest BCUT2D eigenvalue weighted by atomic mass is 32.1. The van der Waals surface area contributed by atoms with Crippen LogP contribution in [-0.2, 0) is 9.47 Å². The van der Waals surface area contributed by atoms with Crippen molar-refractivity contribution >= 4 is 17.3 Å². The van der Waals surface area contributed by atoms with Gasteiger partial charge in [-0.25, -0.2) is 9.78 Å². The van der Waals surface area contributed by atoms with Gasteiger partial charge in [-0.05, 0) is 13.3 Å². The molecular weight excluding hydrogens is 214 g/mol. The first-order valence-electron chi connectivity index (χ1n) is 4.88. The number of thiazole rings is 1. The van der Waals surface area contributed by atoms with E-state index in [1.54, 1.807) is 5.38 Å². The molecule has 0 N–H and O–H groups in total. The molecule has 15 heavy (non-hydrogen) atoms. The number of ether oxygens (including phenoxy) is 2. The molecule has 1 atom stereocenters. The lowest BCUT2D eigenvalue weighted by Crippen LogP contribution is -2.05. The number of carbonyl (C=O) groups excluding carboxylic acids is 1. The van der Waals surface area contributed by atoms with Crippen molar-refractivity contribution < 1.29 is 14.3 Å². The van der Waals surface area contributed by atoms with E-state index in [4.69, 9.17) is 4.74 Å². The highest BCUT2D eigenvalue weighted by molar-refractivity contribution is 7.09. The van der Waals surface area contributed by atoms with Gasteiger partial charge in [0.25, 0.3) is 0 Å². The predicted molar refractivity (Wildman–Crippen MR) is 58.1 cm³/mol. The fourth-order valence-corrected chi connectivity index (χ4v) is 2.12. The second kappa shape index (κ2) is 5.82. The van der Waals surface area contributed by atoms with Crippen molar-refractivity contribution in [2.24, 2.45) is 0 Å². The van der Waals surface area contributed by atoms with Crippen molar-refractivity contribution in [2.45, 2.75) is 26.4 Å². The van der Waals surface area contributed by atoms with Gasteiger partial charge in [-0.3, -0.25) is 0 Å². The van der Waals surface area contributed by atoms with Crippen LogP contribution >= 0.6 is 11.3 Å². The third-order valence-corrected chi connectivity index (χ3v) is 2.87. The summed E-state index contributed by atoms with van der Waals surface area (Å²) in [5.41, 5.74) is 0.357. The summed E-state index contributed by atoms with van der Waals surface area (Å²) in [6, 6.07) is 0. The van der Waals surface area contributed by atoms with E-state index in [9.17, 15) is 4.79 Å². The molecule has 0 amide bonds. The number of carbonyl (C=O) groups is 1. The van der Waals surface area contributed by atoms with Crippen molar-refractivity contribution in [3.63, 3.8) is 0 Å². The van der Waals surface area contributed by atoms with Gasteiger partial charge >= 0.3 is 5.97 Å². The molecule has 5 heteroatoms. The number of aromatic nitrogens is 1. The Morgan fingerprint density at radius 2 is 2.33 bits per heavy atom. The van der Waals surface area contributed by atoms with E-state index >= 15 is 0 Å². The summed E-state index contributed by atoms with van der Waals surface area (Å²) in [4.78, 5) is 15.4. The molecule has 1 unspecified atom stereocenters. The third kappa shape index (κ3) is 3.00. The van der Waals surface area contributed by atoms with Crippen LogP contribution in [0.5, 0.6) is 0 Å². The van der Waals surface area contributed by atoms with Crippen molar-refractivity contribution in [3.05, 3.63) is 16.1 Å². The number of nitrogens with zero attached hydrogens (tertiary/aromatic N) is 1. The lowest BCUT2D eigenvalue weighted by Gasteiger charge is -2.10. The summed E-state index contributed by atoms with van der Waals surface area (Å²) < 4.78 is 10.1. The summed E-state index contributed by atoms with van der Waals surface area (Å²) in [6.45, 7) is 4.61. The standard InChI is InChI=1S/C10H15NO3S/c1-4-8(14-5-2)9-11-7(6-15-9)10(12)13-3/h6,8H,4-5H2,1-3H3. The Morgan fingerprint density at radius 3 is 2.87 bits per heavy atom. The van der Waals surface area contributed by atoms with E-state index in [0.717, 1.165) is 11.4 Å².